The molecule has 3 rings (SSSR count). The first kappa shape index (κ1) is 12.4. The lowest BCUT2D eigenvalue weighted by atomic mass is 9.98. The Hall–Kier alpha value is -1.68. The number of aryl methyl sites for hydroxylation is 3. The quantitative estimate of drug-likeness (QED) is 0.907. The van der Waals surface area contributed by atoms with Gasteiger partial charge in [-0.15, -0.1) is 5.10 Å². The van der Waals surface area contributed by atoms with Crippen molar-refractivity contribution in [2.24, 2.45) is 7.05 Å². The smallest absolute Gasteiger partial charge is 0.0845 e. The summed E-state index contributed by atoms with van der Waals surface area (Å²) in [4.78, 5) is 0. The van der Waals surface area contributed by atoms with Crippen molar-refractivity contribution in [3.05, 3.63) is 46.8 Å². The van der Waals surface area contributed by atoms with Gasteiger partial charge in [0, 0.05) is 25.7 Å². The fourth-order valence-electron chi connectivity index (χ4n) is 2.89. The lowest BCUT2D eigenvalue weighted by Gasteiger charge is -2.16. The maximum absolute atomic E-state index is 4.17. The number of likely N-dealkylation sites (N-methyl/N-ethyl adjacent to an activating group) is 1. The number of nitrogens with zero attached hydrogens (tertiary/aromatic N) is 3. The SMILES string of the molecule is CNC(Cc1cn(C)nn1)c1ccc2c(c1)CCC2. The molecule has 2 aromatic rings. The third kappa shape index (κ3) is 2.54. The number of aromatic nitrogens is 3. The topological polar surface area (TPSA) is 42.7 Å². The Morgan fingerprint density at radius 2 is 2.16 bits per heavy atom. The number of fused-ring (bicyclic) bond motifs is 1. The van der Waals surface area contributed by atoms with E-state index in [9.17, 15) is 0 Å². The lowest BCUT2D eigenvalue weighted by molar-refractivity contribution is 0.583. The molecule has 1 aliphatic rings. The van der Waals surface area contributed by atoms with Crippen LogP contribution in [0.1, 0.15) is 34.8 Å². The van der Waals surface area contributed by atoms with Gasteiger partial charge in [0.05, 0.1) is 5.69 Å². The van der Waals surface area contributed by atoms with Gasteiger partial charge in [-0.25, -0.2) is 0 Å². The Balaban J connectivity index is 1.82. The van der Waals surface area contributed by atoms with E-state index >= 15 is 0 Å². The van der Waals surface area contributed by atoms with Crippen LogP contribution in [-0.2, 0) is 26.3 Å². The normalized spacial score (nSPS) is 15.5. The van der Waals surface area contributed by atoms with E-state index in [1.807, 2.05) is 20.3 Å². The van der Waals surface area contributed by atoms with Gasteiger partial charge < -0.3 is 5.32 Å². The molecule has 0 amide bonds. The van der Waals surface area contributed by atoms with Crippen LogP contribution in [0.25, 0.3) is 0 Å². The minimum Gasteiger partial charge on any atom is -0.313 e. The van der Waals surface area contributed by atoms with Crippen molar-refractivity contribution in [3.63, 3.8) is 0 Å². The Bertz CT molecular complexity index is 573. The Kier molecular flexibility index (Phi) is 3.34. The van der Waals surface area contributed by atoms with Crippen LogP contribution in [0.2, 0.25) is 0 Å². The molecule has 1 aromatic carbocycles. The van der Waals surface area contributed by atoms with Gasteiger partial charge in [-0.3, -0.25) is 4.68 Å². The monoisotopic (exact) mass is 256 g/mol. The van der Waals surface area contributed by atoms with Crippen LogP contribution in [0.4, 0.5) is 0 Å². The zero-order valence-electron chi connectivity index (χ0n) is 11.6. The molecule has 4 nitrogen and oxygen atoms in total. The van der Waals surface area contributed by atoms with Crippen LogP contribution >= 0.6 is 0 Å². The van der Waals surface area contributed by atoms with Gasteiger partial charge in [0.25, 0.3) is 0 Å². The summed E-state index contributed by atoms with van der Waals surface area (Å²) in [6, 6.07) is 7.21. The van der Waals surface area contributed by atoms with Gasteiger partial charge in [0.2, 0.25) is 0 Å². The number of nitrogens with one attached hydrogen (secondary N) is 1. The summed E-state index contributed by atoms with van der Waals surface area (Å²) < 4.78 is 1.75. The number of hydrogen-bond donors (Lipinski definition) is 1. The van der Waals surface area contributed by atoms with E-state index in [1.54, 1.807) is 4.68 Å². The zero-order chi connectivity index (χ0) is 13.2. The average Bonchev–Trinajstić information content (AvgIpc) is 3.03. The highest BCUT2D eigenvalue weighted by Gasteiger charge is 2.16. The molecular formula is C15H20N4. The van der Waals surface area contributed by atoms with Crippen molar-refractivity contribution in [2.45, 2.75) is 31.7 Å². The van der Waals surface area contributed by atoms with Crippen molar-refractivity contribution in [1.29, 1.82) is 0 Å². The highest BCUT2D eigenvalue weighted by atomic mass is 15.4. The number of benzene rings is 1. The van der Waals surface area contributed by atoms with Crippen molar-refractivity contribution in [1.82, 2.24) is 20.3 Å². The first-order valence-corrected chi connectivity index (χ1v) is 6.90. The van der Waals surface area contributed by atoms with Gasteiger partial charge in [0.15, 0.2) is 0 Å². The van der Waals surface area contributed by atoms with E-state index in [0.717, 1.165) is 12.1 Å². The third-order valence-corrected chi connectivity index (χ3v) is 3.94. The van der Waals surface area contributed by atoms with E-state index in [0.29, 0.717) is 6.04 Å². The summed E-state index contributed by atoms with van der Waals surface area (Å²) in [6.45, 7) is 0. The average molecular weight is 256 g/mol. The van der Waals surface area contributed by atoms with E-state index < -0.39 is 0 Å². The van der Waals surface area contributed by atoms with E-state index in [2.05, 4.69) is 33.8 Å². The zero-order valence-corrected chi connectivity index (χ0v) is 11.6. The van der Waals surface area contributed by atoms with Crippen molar-refractivity contribution in [3.8, 4) is 0 Å². The van der Waals surface area contributed by atoms with Crippen LogP contribution in [0.15, 0.2) is 24.4 Å². The van der Waals surface area contributed by atoms with Crippen LogP contribution in [0.5, 0.6) is 0 Å². The Labute approximate surface area is 113 Å². The second kappa shape index (κ2) is 5.13. The summed E-state index contributed by atoms with van der Waals surface area (Å²) in [5.74, 6) is 0. The highest BCUT2D eigenvalue weighted by Crippen LogP contribution is 2.26. The number of rotatable bonds is 4. The van der Waals surface area contributed by atoms with E-state index in [4.69, 9.17) is 0 Å². The van der Waals surface area contributed by atoms with Gasteiger partial charge in [0.1, 0.15) is 0 Å². The predicted octanol–water partition coefficient (Wildman–Crippen LogP) is 1.81. The molecule has 0 bridgehead atoms. The summed E-state index contributed by atoms with van der Waals surface area (Å²) in [6.07, 6.45) is 6.63. The van der Waals surface area contributed by atoms with Crippen molar-refractivity contribution >= 4 is 0 Å². The largest absolute Gasteiger partial charge is 0.313 e. The second-order valence-corrected chi connectivity index (χ2v) is 5.31. The third-order valence-electron chi connectivity index (χ3n) is 3.94. The molecule has 0 fully saturated rings. The van der Waals surface area contributed by atoms with Crippen molar-refractivity contribution in [2.75, 3.05) is 7.05 Å². The molecule has 19 heavy (non-hydrogen) atoms. The molecule has 1 heterocycles. The van der Waals surface area contributed by atoms with Gasteiger partial charge in [-0.1, -0.05) is 23.4 Å². The predicted molar refractivity (Wildman–Crippen MR) is 75.0 cm³/mol. The molecule has 1 atom stereocenters. The molecule has 1 unspecified atom stereocenters. The van der Waals surface area contributed by atoms with Crippen LogP contribution in [0, 0.1) is 0 Å². The molecule has 0 aliphatic heterocycles. The first-order chi connectivity index (χ1) is 9.26. The van der Waals surface area contributed by atoms with E-state index in [1.165, 1.54) is 36.0 Å². The molecule has 0 spiro atoms. The maximum Gasteiger partial charge on any atom is 0.0845 e. The fraction of sp³-hybridized carbons (Fsp3) is 0.467. The van der Waals surface area contributed by atoms with E-state index in [-0.39, 0.29) is 0 Å². The van der Waals surface area contributed by atoms with Gasteiger partial charge in [-0.2, -0.15) is 0 Å². The van der Waals surface area contributed by atoms with Crippen LogP contribution < -0.4 is 5.32 Å². The molecule has 0 radical (unpaired) electrons. The second-order valence-electron chi connectivity index (χ2n) is 5.31. The standard InChI is InChI=1S/C15H20N4/c1-16-15(9-14-10-19(2)18-17-14)13-7-6-11-4-3-5-12(11)8-13/h6-8,10,15-16H,3-5,9H2,1-2H3. The summed E-state index contributed by atoms with van der Waals surface area (Å²) in [7, 11) is 3.91. The first-order valence-electron chi connectivity index (χ1n) is 6.90. The molecule has 1 aromatic heterocycles. The highest BCUT2D eigenvalue weighted by molar-refractivity contribution is 5.36. The molecule has 1 aliphatic carbocycles. The van der Waals surface area contributed by atoms with Gasteiger partial charge >= 0.3 is 0 Å². The molecule has 0 saturated heterocycles. The summed E-state index contributed by atoms with van der Waals surface area (Å²) >= 11 is 0. The minimum absolute atomic E-state index is 0.308. The minimum atomic E-state index is 0.308. The molecule has 4 heteroatoms. The summed E-state index contributed by atoms with van der Waals surface area (Å²) in [5.41, 5.74) is 5.44. The molecular weight excluding hydrogens is 236 g/mol. The van der Waals surface area contributed by atoms with Crippen molar-refractivity contribution < 1.29 is 0 Å². The fourth-order valence-corrected chi connectivity index (χ4v) is 2.89. The Morgan fingerprint density at radius 3 is 2.89 bits per heavy atom. The maximum atomic E-state index is 4.17. The van der Waals surface area contributed by atoms with Gasteiger partial charge in [-0.05, 0) is 43.0 Å². The molecule has 0 saturated carbocycles. The van der Waals surface area contributed by atoms with Crippen LogP contribution in [-0.4, -0.2) is 22.0 Å². The molecule has 100 valence electrons. The van der Waals surface area contributed by atoms with Crippen LogP contribution in [0.3, 0.4) is 0 Å². The molecule has 1 N–H and O–H groups in total. The number of hydrogen-bond acceptors (Lipinski definition) is 3. The Morgan fingerprint density at radius 1 is 1.32 bits per heavy atom. The lowest BCUT2D eigenvalue weighted by Crippen LogP contribution is -2.19. The summed E-state index contributed by atoms with van der Waals surface area (Å²) in [5, 5.41) is 11.6.